The van der Waals surface area contributed by atoms with E-state index in [9.17, 15) is 10.2 Å². The second-order valence-electron chi connectivity index (χ2n) is 10.0. The van der Waals surface area contributed by atoms with E-state index in [1.807, 2.05) is 60.7 Å². The predicted octanol–water partition coefficient (Wildman–Crippen LogP) is 7.19. The quantitative estimate of drug-likeness (QED) is 0.432. The van der Waals surface area contributed by atoms with Gasteiger partial charge in [-0.2, -0.15) is 0 Å². The summed E-state index contributed by atoms with van der Waals surface area (Å²) in [6.07, 6.45) is 3.36. The van der Waals surface area contributed by atoms with Gasteiger partial charge in [0.05, 0.1) is 11.4 Å². The van der Waals surface area contributed by atoms with Crippen molar-refractivity contribution in [2.45, 2.75) is 52.4 Å². The lowest BCUT2D eigenvalue weighted by atomic mass is 9.85. The molecule has 0 radical (unpaired) electrons. The summed E-state index contributed by atoms with van der Waals surface area (Å²) in [6.45, 7) is 12.4. The topological polar surface area (TPSA) is 65.2 Å². The molecule has 3 rings (SSSR count). The van der Waals surface area contributed by atoms with Crippen molar-refractivity contribution >= 4 is 23.8 Å². The summed E-state index contributed by atoms with van der Waals surface area (Å²) in [5, 5.41) is 21.2. The van der Waals surface area contributed by atoms with Gasteiger partial charge in [-0.25, -0.2) is 0 Å². The Kier molecular flexibility index (Phi) is 6.54. The van der Waals surface area contributed by atoms with Crippen molar-refractivity contribution in [3.8, 4) is 11.5 Å². The van der Waals surface area contributed by atoms with Crippen molar-refractivity contribution < 1.29 is 10.2 Å². The number of benzene rings is 3. The largest absolute Gasteiger partial charge is 0.507 e. The monoisotopic (exact) mass is 428 g/mol. The molecule has 0 atom stereocenters. The van der Waals surface area contributed by atoms with Gasteiger partial charge in [-0.05, 0) is 58.4 Å². The van der Waals surface area contributed by atoms with Gasteiger partial charge < -0.3 is 10.2 Å². The Labute approximate surface area is 191 Å². The molecule has 4 nitrogen and oxygen atoms in total. The second kappa shape index (κ2) is 8.99. The van der Waals surface area contributed by atoms with E-state index >= 15 is 0 Å². The van der Waals surface area contributed by atoms with Gasteiger partial charge in [0.25, 0.3) is 0 Å². The molecule has 3 aromatic rings. The summed E-state index contributed by atoms with van der Waals surface area (Å²) in [5.74, 6) is 0.532. The van der Waals surface area contributed by atoms with E-state index < -0.39 is 0 Å². The number of phenolic OH excluding ortho intramolecular Hbond substituents is 2. The molecular weight excluding hydrogens is 396 g/mol. The first kappa shape index (κ1) is 23.3. The molecular formula is C28H32N2O2. The molecule has 0 aromatic heterocycles. The first-order valence-corrected chi connectivity index (χ1v) is 10.8. The van der Waals surface area contributed by atoms with Crippen LogP contribution in [0, 0.1) is 0 Å². The third-order valence-corrected chi connectivity index (χ3v) is 5.31. The number of para-hydroxylation sites is 2. The fourth-order valence-corrected chi connectivity index (χ4v) is 3.45. The van der Waals surface area contributed by atoms with Gasteiger partial charge in [0.2, 0.25) is 0 Å². The van der Waals surface area contributed by atoms with E-state index in [2.05, 4.69) is 51.5 Å². The van der Waals surface area contributed by atoms with Crippen LogP contribution in [0.25, 0.3) is 0 Å². The molecule has 0 fully saturated rings. The van der Waals surface area contributed by atoms with E-state index in [0.29, 0.717) is 11.1 Å². The number of nitrogens with zero attached hydrogens (tertiary/aromatic N) is 2. The Hall–Kier alpha value is -3.40. The minimum absolute atomic E-state index is 0.144. The third kappa shape index (κ3) is 5.44. The van der Waals surface area contributed by atoms with Crippen LogP contribution in [0.4, 0.5) is 11.4 Å². The van der Waals surface area contributed by atoms with Crippen molar-refractivity contribution in [3.63, 3.8) is 0 Å². The molecule has 0 bridgehead atoms. The maximum atomic E-state index is 10.6. The number of aromatic hydroxyl groups is 2. The fraction of sp³-hybridized carbons (Fsp3) is 0.286. The van der Waals surface area contributed by atoms with Gasteiger partial charge in [-0.15, -0.1) is 0 Å². The molecule has 0 unspecified atom stereocenters. The highest BCUT2D eigenvalue weighted by molar-refractivity contribution is 5.87. The fourth-order valence-electron chi connectivity index (χ4n) is 3.45. The molecule has 0 saturated carbocycles. The van der Waals surface area contributed by atoms with Crippen LogP contribution in [0.3, 0.4) is 0 Å². The Morgan fingerprint density at radius 1 is 0.562 bits per heavy atom. The highest BCUT2D eigenvalue weighted by Crippen LogP contribution is 2.33. The van der Waals surface area contributed by atoms with Gasteiger partial charge >= 0.3 is 0 Å². The number of hydrogen-bond donors (Lipinski definition) is 2. The second-order valence-corrected chi connectivity index (χ2v) is 10.0. The normalized spacial score (nSPS) is 12.7. The SMILES string of the molecule is CC(C)(C)c1cccc(C=Nc2ccc(N=Cc3cccc(C(C)(C)C)c3O)cc2)c1O. The van der Waals surface area contributed by atoms with Crippen LogP contribution in [0.1, 0.15) is 63.8 Å². The van der Waals surface area contributed by atoms with Crippen LogP contribution in [-0.2, 0) is 10.8 Å². The lowest BCUT2D eigenvalue weighted by Crippen LogP contribution is -2.11. The molecule has 0 heterocycles. The van der Waals surface area contributed by atoms with Crippen molar-refractivity contribution in [2.24, 2.45) is 9.98 Å². The number of hydrogen-bond acceptors (Lipinski definition) is 4. The minimum atomic E-state index is -0.144. The zero-order chi connectivity index (χ0) is 23.5. The van der Waals surface area contributed by atoms with Crippen LogP contribution >= 0.6 is 0 Å². The van der Waals surface area contributed by atoms with Gasteiger partial charge in [0, 0.05) is 23.6 Å². The molecule has 0 saturated heterocycles. The number of phenols is 2. The van der Waals surface area contributed by atoms with Crippen molar-refractivity contribution in [1.82, 2.24) is 0 Å². The first-order chi connectivity index (χ1) is 15.0. The maximum absolute atomic E-state index is 10.6. The third-order valence-electron chi connectivity index (χ3n) is 5.31. The zero-order valence-corrected chi connectivity index (χ0v) is 19.7. The van der Waals surface area contributed by atoms with Gasteiger partial charge in [-0.3, -0.25) is 9.98 Å². The van der Waals surface area contributed by atoms with Crippen molar-refractivity contribution in [2.75, 3.05) is 0 Å². The van der Waals surface area contributed by atoms with E-state index in [1.165, 1.54) is 0 Å². The van der Waals surface area contributed by atoms with Gasteiger partial charge in [0.15, 0.2) is 0 Å². The summed E-state index contributed by atoms with van der Waals surface area (Å²) >= 11 is 0. The van der Waals surface area contributed by atoms with Crippen LogP contribution in [0.5, 0.6) is 11.5 Å². The van der Waals surface area contributed by atoms with Crippen LogP contribution in [0.15, 0.2) is 70.6 Å². The molecule has 0 aliphatic heterocycles. The molecule has 32 heavy (non-hydrogen) atoms. The Morgan fingerprint density at radius 2 is 0.906 bits per heavy atom. The summed E-state index contributed by atoms with van der Waals surface area (Å²) in [5.41, 5.74) is 4.41. The lowest BCUT2D eigenvalue weighted by Gasteiger charge is -2.21. The summed E-state index contributed by atoms with van der Waals surface area (Å²) in [7, 11) is 0. The summed E-state index contributed by atoms with van der Waals surface area (Å²) < 4.78 is 0. The summed E-state index contributed by atoms with van der Waals surface area (Å²) in [4.78, 5) is 8.99. The molecule has 2 N–H and O–H groups in total. The summed E-state index contributed by atoms with van der Waals surface area (Å²) in [6, 6.07) is 18.9. The lowest BCUT2D eigenvalue weighted by molar-refractivity contribution is 0.445. The highest BCUT2D eigenvalue weighted by atomic mass is 16.3. The molecule has 0 spiro atoms. The van der Waals surface area contributed by atoms with Crippen molar-refractivity contribution in [1.29, 1.82) is 0 Å². The number of rotatable bonds is 4. The highest BCUT2D eigenvalue weighted by Gasteiger charge is 2.20. The van der Waals surface area contributed by atoms with Crippen LogP contribution in [0.2, 0.25) is 0 Å². The average molecular weight is 429 g/mol. The average Bonchev–Trinajstić information content (AvgIpc) is 2.71. The van der Waals surface area contributed by atoms with Crippen LogP contribution < -0.4 is 0 Å². The van der Waals surface area contributed by atoms with Gasteiger partial charge in [-0.1, -0.05) is 65.8 Å². The molecule has 4 heteroatoms. The number of aliphatic imine (C=N–C) groups is 2. The predicted molar refractivity (Wildman–Crippen MR) is 135 cm³/mol. The molecule has 0 amide bonds. The van der Waals surface area contributed by atoms with Gasteiger partial charge in [0.1, 0.15) is 11.5 Å². The van der Waals surface area contributed by atoms with E-state index in [-0.39, 0.29) is 22.3 Å². The molecule has 0 aliphatic rings. The molecule has 0 aliphatic carbocycles. The maximum Gasteiger partial charge on any atom is 0.128 e. The Balaban J connectivity index is 1.77. The van der Waals surface area contributed by atoms with E-state index in [0.717, 1.165) is 22.5 Å². The molecule has 166 valence electrons. The first-order valence-electron chi connectivity index (χ1n) is 10.8. The minimum Gasteiger partial charge on any atom is -0.507 e. The zero-order valence-electron chi connectivity index (χ0n) is 19.7. The smallest absolute Gasteiger partial charge is 0.128 e. The van der Waals surface area contributed by atoms with Crippen molar-refractivity contribution in [3.05, 3.63) is 82.9 Å². The van der Waals surface area contributed by atoms with E-state index in [1.54, 1.807) is 12.4 Å². The van der Waals surface area contributed by atoms with E-state index in [4.69, 9.17) is 0 Å². The van der Waals surface area contributed by atoms with Crippen LogP contribution in [-0.4, -0.2) is 22.6 Å². The Morgan fingerprint density at radius 3 is 1.22 bits per heavy atom. The standard InChI is InChI=1S/C28H32N2O2/c1-27(2,3)23-11-7-9-19(25(23)31)17-29-21-13-15-22(16-14-21)30-18-20-10-8-12-24(26(20)32)28(4,5)6/h7-18,31-32H,1-6H3. The Bertz CT molecular complexity index is 1050. The molecule has 3 aromatic carbocycles.